The van der Waals surface area contributed by atoms with Crippen molar-refractivity contribution >= 4 is 17.9 Å². The maximum absolute atomic E-state index is 13.0. The van der Waals surface area contributed by atoms with Crippen LogP contribution < -0.4 is 0 Å². The lowest BCUT2D eigenvalue weighted by atomic mass is 10.0. The summed E-state index contributed by atoms with van der Waals surface area (Å²) in [6.07, 6.45) is 89.2. The molecule has 0 aromatic carbocycles. The third kappa shape index (κ3) is 65.7. The van der Waals surface area contributed by atoms with E-state index in [1.165, 1.54) is 218 Å². The minimum Gasteiger partial charge on any atom is -0.462 e. The highest BCUT2D eigenvalue weighted by Crippen LogP contribution is 2.18. The second kappa shape index (κ2) is 68.3. The summed E-state index contributed by atoms with van der Waals surface area (Å²) < 4.78 is 17.0. The van der Waals surface area contributed by atoms with Gasteiger partial charge < -0.3 is 14.2 Å². The number of allylic oxidation sites excluding steroid dienone is 12. The number of carbonyl (C=O) groups is 3. The highest BCUT2D eigenvalue weighted by atomic mass is 16.6. The number of ether oxygens (including phenoxy) is 3. The smallest absolute Gasteiger partial charge is 0.306 e. The highest BCUT2D eigenvalue weighted by molar-refractivity contribution is 5.71. The van der Waals surface area contributed by atoms with Crippen LogP contribution >= 0.6 is 0 Å². The van der Waals surface area contributed by atoms with Gasteiger partial charge in [0, 0.05) is 19.3 Å². The van der Waals surface area contributed by atoms with Crippen molar-refractivity contribution in [1.29, 1.82) is 0 Å². The van der Waals surface area contributed by atoms with Gasteiger partial charge in [0.05, 0.1) is 0 Å². The molecule has 0 rings (SSSR count). The molecular weight excluding hydrogens is 985 g/mol. The Morgan fingerprint density at radius 1 is 0.263 bits per heavy atom. The van der Waals surface area contributed by atoms with E-state index in [4.69, 9.17) is 14.2 Å². The number of hydrogen-bond acceptors (Lipinski definition) is 6. The van der Waals surface area contributed by atoms with Crippen molar-refractivity contribution in [2.24, 2.45) is 0 Å². The lowest BCUT2D eigenvalue weighted by Gasteiger charge is -2.18. The molecule has 0 heterocycles. The molecule has 0 bridgehead atoms. The number of hydrogen-bond donors (Lipinski definition) is 0. The second-order valence-electron chi connectivity index (χ2n) is 23.4. The zero-order valence-electron chi connectivity index (χ0n) is 53.3. The van der Waals surface area contributed by atoms with Crippen molar-refractivity contribution in [1.82, 2.24) is 0 Å². The van der Waals surface area contributed by atoms with Crippen molar-refractivity contribution in [3.63, 3.8) is 0 Å². The molecule has 0 saturated heterocycles. The number of unbranched alkanes of at least 4 members (excludes halogenated alkanes) is 41. The zero-order chi connectivity index (χ0) is 57.8. The summed E-state index contributed by atoms with van der Waals surface area (Å²) >= 11 is 0. The maximum atomic E-state index is 13.0. The molecule has 80 heavy (non-hydrogen) atoms. The number of carbonyl (C=O) groups excluding carboxylic acids is 3. The van der Waals surface area contributed by atoms with E-state index in [-0.39, 0.29) is 31.1 Å². The van der Waals surface area contributed by atoms with Gasteiger partial charge in [-0.1, -0.05) is 344 Å². The molecule has 0 fully saturated rings. The zero-order valence-corrected chi connectivity index (χ0v) is 53.3. The summed E-state index contributed by atoms with van der Waals surface area (Å²) in [5.74, 6) is -0.865. The van der Waals surface area contributed by atoms with E-state index in [1.54, 1.807) is 0 Å². The van der Waals surface area contributed by atoms with E-state index in [1.807, 2.05) is 0 Å². The Bertz CT molecular complexity index is 1470. The van der Waals surface area contributed by atoms with E-state index in [0.29, 0.717) is 19.3 Å². The first-order chi connectivity index (χ1) is 39.5. The molecule has 6 nitrogen and oxygen atoms in total. The topological polar surface area (TPSA) is 78.9 Å². The van der Waals surface area contributed by atoms with Crippen LogP contribution in [-0.4, -0.2) is 37.2 Å². The van der Waals surface area contributed by atoms with Crippen LogP contribution in [0.5, 0.6) is 0 Å². The van der Waals surface area contributed by atoms with Crippen molar-refractivity contribution in [2.45, 2.75) is 367 Å². The molecule has 1 unspecified atom stereocenters. The van der Waals surface area contributed by atoms with Crippen LogP contribution in [0.4, 0.5) is 0 Å². The molecule has 0 aliphatic carbocycles. The molecule has 0 aliphatic heterocycles. The average molecular weight is 1120 g/mol. The van der Waals surface area contributed by atoms with Gasteiger partial charge in [0.1, 0.15) is 13.2 Å². The Morgan fingerprint density at radius 2 is 0.487 bits per heavy atom. The van der Waals surface area contributed by atoms with Crippen LogP contribution in [0.15, 0.2) is 72.9 Å². The van der Waals surface area contributed by atoms with E-state index in [0.717, 1.165) is 103 Å². The van der Waals surface area contributed by atoms with Crippen LogP contribution in [-0.2, 0) is 28.6 Å². The summed E-state index contributed by atoms with van der Waals surface area (Å²) in [4.78, 5) is 38.5. The van der Waals surface area contributed by atoms with Crippen LogP contribution in [0.2, 0.25) is 0 Å². The minimum absolute atomic E-state index is 0.0748. The lowest BCUT2D eigenvalue weighted by Crippen LogP contribution is -2.30. The molecule has 0 aliphatic rings. The van der Waals surface area contributed by atoms with Crippen molar-refractivity contribution in [3.8, 4) is 0 Å². The van der Waals surface area contributed by atoms with E-state index < -0.39 is 6.10 Å². The predicted molar refractivity (Wildman–Crippen MR) is 348 cm³/mol. The Labute approximate surface area is 497 Å². The van der Waals surface area contributed by atoms with E-state index in [9.17, 15) is 14.4 Å². The molecule has 0 amide bonds. The Balaban J connectivity index is 4.35. The summed E-state index contributed by atoms with van der Waals surface area (Å²) in [6.45, 7) is 6.58. The van der Waals surface area contributed by atoms with Crippen molar-refractivity contribution in [2.75, 3.05) is 13.2 Å². The summed E-state index contributed by atoms with van der Waals surface area (Å²) in [7, 11) is 0. The van der Waals surface area contributed by atoms with Crippen LogP contribution in [0.3, 0.4) is 0 Å². The third-order valence-corrected chi connectivity index (χ3v) is 15.5. The molecule has 0 aromatic heterocycles. The van der Waals surface area contributed by atoms with Gasteiger partial charge in [0.15, 0.2) is 6.10 Å². The van der Waals surface area contributed by atoms with Gasteiger partial charge in [0.25, 0.3) is 0 Å². The summed E-state index contributed by atoms with van der Waals surface area (Å²) in [5.41, 5.74) is 0. The number of esters is 3. The van der Waals surface area contributed by atoms with E-state index >= 15 is 0 Å². The molecule has 464 valence electrons. The Morgan fingerprint density at radius 3 is 0.762 bits per heavy atom. The van der Waals surface area contributed by atoms with Crippen molar-refractivity contribution in [3.05, 3.63) is 72.9 Å². The van der Waals surface area contributed by atoms with Crippen LogP contribution in [0.1, 0.15) is 361 Å². The normalized spacial score (nSPS) is 12.5. The molecule has 1 atom stereocenters. The molecule has 0 radical (unpaired) electrons. The van der Waals surface area contributed by atoms with Gasteiger partial charge in [-0.2, -0.15) is 0 Å². The molecule has 0 saturated carbocycles. The minimum atomic E-state index is -0.780. The predicted octanol–water partition coefficient (Wildman–Crippen LogP) is 24.1. The molecule has 6 heteroatoms. The van der Waals surface area contributed by atoms with Gasteiger partial charge in [-0.15, -0.1) is 0 Å². The fourth-order valence-electron chi connectivity index (χ4n) is 10.3. The SMILES string of the molecule is CC/C=C\C/C=C\C/C=C\C/C=C\C/C=C\C/C=C\CCCCCCCCC(=O)OCC(COC(=O)CCCCCCCCCCCCCCCCCC)OC(=O)CCCCCCCCCCCCCCCCCCCCCCC. The first-order valence-electron chi connectivity index (χ1n) is 34.9. The molecule has 0 aromatic rings. The Hall–Kier alpha value is -3.15. The lowest BCUT2D eigenvalue weighted by molar-refractivity contribution is -0.167. The third-order valence-electron chi connectivity index (χ3n) is 15.5. The van der Waals surface area contributed by atoms with Gasteiger partial charge in [-0.25, -0.2) is 0 Å². The molecule has 0 spiro atoms. The molecule has 0 N–H and O–H groups in total. The van der Waals surface area contributed by atoms with Gasteiger partial charge in [0.2, 0.25) is 0 Å². The quantitative estimate of drug-likeness (QED) is 0.0261. The van der Waals surface area contributed by atoms with Crippen LogP contribution in [0.25, 0.3) is 0 Å². The van der Waals surface area contributed by atoms with Gasteiger partial charge >= 0.3 is 17.9 Å². The first kappa shape index (κ1) is 76.9. The van der Waals surface area contributed by atoms with Crippen molar-refractivity contribution < 1.29 is 28.6 Å². The first-order valence-corrected chi connectivity index (χ1v) is 34.9. The fourth-order valence-corrected chi connectivity index (χ4v) is 10.3. The monoisotopic (exact) mass is 1120 g/mol. The number of rotatable bonds is 64. The largest absolute Gasteiger partial charge is 0.462 e. The standard InChI is InChI=1S/C74H132O6/c1-4-7-10-13-16-19-22-25-28-31-33-35-36-37-38-40-41-43-46-49-52-55-58-61-64-67-73(76)79-70-71(69-78-72(75)66-63-60-57-54-51-48-45-30-27-24-21-18-15-12-9-6-3)80-74(77)68-65-62-59-56-53-50-47-44-42-39-34-32-29-26-23-20-17-14-11-8-5-2/h7,10,16,19,25,28,33,35,37-38,41,43,71H,4-6,8-9,11-15,17-18,20-24,26-27,29-32,34,36,39-40,42,44-70H2,1-3H3/b10-7-,19-16-,28-25-,35-33-,38-37-,43-41-. The summed E-state index contributed by atoms with van der Waals surface area (Å²) in [5, 5.41) is 0. The fraction of sp³-hybridized carbons (Fsp3) is 0.797. The van der Waals surface area contributed by atoms with Gasteiger partial charge in [-0.3, -0.25) is 14.4 Å². The van der Waals surface area contributed by atoms with Crippen LogP contribution in [0, 0.1) is 0 Å². The molecular formula is C74H132O6. The Kier molecular flexibility index (Phi) is 65.7. The summed E-state index contributed by atoms with van der Waals surface area (Å²) in [6, 6.07) is 0. The van der Waals surface area contributed by atoms with E-state index in [2.05, 4.69) is 93.7 Å². The maximum Gasteiger partial charge on any atom is 0.306 e. The average Bonchev–Trinajstić information content (AvgIpc) is 3.46. The highest BCUT2D eigenvalue weighted by Gasteiger charge is 2.19. The second-order valence-corrected chi connectivity index (χ2v) is 23.4. The van der Waals surface area contributed by atoms with Gasteiger partial charge in [-0.05, 0) is 70.6 Å².